The highest BCUT2D eigenvalue weighted by Crippen LogP contribution is 2.07. The van der Waals surface area contributed by atoms with E-state index in [1.54, 1.807) is 13.0 Å². The Hall–Kier alpha value is -1.78. The second-order valence-corrected chi connectivity index (χ2v) is 2.83. The van der Waals surface area contributed by atoms with Gasteiger partial charge >= 0.3 is 5.97 Å². The van der Waals surface area contributed by atoms with Gasteiger partial charge in [-0.25, -0.2) is 0 Å². The van der Waals surface area contributed by atoms with E-state index in [9.17, 15) is 9.59 Å². The molecule has 5 nitrogen and oxygen atoms in total. The fourth-order valence-corrected chi connectivity index (χ4v) is 0.969. The predicted molar refractivity (Wildman–Crippen MR) is 48.0 cm³/mol. The van der Waals surface area contributed by atoms with Gasteiger partial charge < -0.3 is 14.8 Å². The lowest BCUT2D eigenvalue weighted by atomic mass is 10.2. The summed E-state index contributed by atoms with van der Waals surface area (Å²) >= 11 is 0. The van der Waals surface area contributed by atoms with Crippen LogP contribution in [0.15, 0.2) is 16.7 Å². The SMILES string of the molecule is Cc1ccoc1C(=O)NCCC(=O)O. The third-order valence-corrected chi connectivity index (χ3v) is 1.69. The molecular weight excluding hydrogens is 186 g/mol. The lowest BCUT2D eigenvalue weighted by Crippen LogP contribution is -2.26. The first-order chi connectivity index (χ1) is 6.61. The molecule has 1 aromatic rings. The molecule has 0 atom stereocenters. The van der Waals surface area contributed by atoms with Gasteiger partial charge in [-0.1, -0.05) is 0 Å². The number of carbonyl (C=O) groups excluding carboxylic acids is 1. The minimum absolute atomic E-state index is 0.0918. The Balaban J connectivity index is 2.44. The van der Waals surface area contributed by atoms with Crippen molar-refractivity contribution < 1.29 is 19.1 Å². The monoisotopic (exact) mass is 197 g/mol. The van der Waals surface area contributed by atoms with Crippen molar-refractivity contribution in [1.29, 1.82) is 0 Å². The van der Waals surface area contributed by atoms with Crippen molar-refractivity contribution in [3.8, 4) is 0 Å². The largest absolute Gasteiger partial charge is 0.481 e. The molecule has 0 spiro atoms. The summed E-state index contributed by atoms with van der Waals surface area (Å²) in [6.07, 6.45) is 1.33. The summed E-state index contributed by atoms with van der Waals surface area (Å²) in [7, 11) is 0. The van der Waals surface area contributed by atoms with Crippen LogP contribution in [0.2, 0.25) is 0 Å². The Kier molecular flexibility index (Phi) is 3.28. The number of carboxylic acid groups (broad SMARTS) is 1. The average molecular weight is 197 g/mol. The Bertz CT molecular complexity index is 342. The van der Waals surface area contributed by atoms with E-state index in [4.69, 9.17) is 9.52 Å². The zero-order valence-electron chi connectivity index (χ0n) is 7.74. The van der Waals surface area contributed by atoms with Gasteiger partial charge in [0.1, 0.15) is 0 Å². The van der Waals surface area contributed by atoms with Gasteiger partial charge in [-0.05, 0) is 13.0 Å². The normalized spacial score (nSPS) is 9.79. The van der Waals surface area contributed by atoms with Gasteiger partial charge in [0.15, 0.2) is 5.76 Å². The third kappa shape index (κ3) is 2.62. The van der Waals surface area contributed by atoms with E-state index in [1.165, 1.54) is 6.26 Å². The smallest absolute Gasteiger partial charge is 0.305 e. The fourth-order valence-electron chi connectivity index (χ4n) is 0.969. The summed E-state index contributed by atoms with van der Waals surface area (Å²) in [5, 5.41) is 10.8. The maximum Gasteiger partial charge on any atom is 0.305 e. The summed E-state index contributed by atoms with van der Waals surface area (Å²) in [6, 6.07) is 1.67. The number of hydrogen-bond donors (Lipinski definition) is 2. The Morgan fingerprint density at radius 3 is 2.79 bits per heavy atom. The van der Waals surface area contributed by atoms with Crippen LogP contribution >= 0.6 is 0 Å². The molecule has 0 aliphatic rings. The van der Waals surface area contributed by atoms with Crippen molar-refractivity contribution in [1.82, 2.24) is 5.32 Å². The highest BCUT2D eigenvalue weighted by Gasteiger charge is 2.11. The number of carbonyl (C=O) groups is 2. The first-order valence-corrected chi connectivity index (χ1v) is 4.15. The molecule has 1 aromatic heterocycles. The lowest BCUT2D eigenvalue weighted by molar-refractivity contribution is -0.136. The Morgan fingerprint density at radius 1 is 1.57 bits per heavy atom. The van der Waals surface area contributed by atoms with Crippen molar-refractivity contribution in [3.63, 3.8) is 0 Å². The first-order valence-electron chi connectivity index (χ1n) is 4.15. The predicted octanol–water partition coefficient (Wildman–Crippen LogP) is 0.793. The van der Waals surface area contributed by atoms with Gasteiger partial charge in [-0.2, -0.15) is 0 Å². The maximum atomic E-state index is 11.3. The van der Waals surface area contributed by atoms with Crippen molar-refractivity contribution in [2.75, 3.05) is 6.54 Å². The van der Waals surface area contributed by atoms with Gasteiger partial charge in [-0.3, -0.25) is 9.59 Å². The van der Waals surface area contributed by atoms with Crippen molar-refractivity contribution in [2.45, 2.75) is 13.3 Å². The summed E-state index contributed by atoms with van der Waals surface area (Å²) in [4.78, 5) is 21.5. The highest BCUT2D eigenvalue weighted by molar-refractivity contribution is 5.92. The van der Waals surface area contributed by atoms with Gasteiger partial charge in [-0.15, -0.1) is 0 Å². The molecule has 0 aliphatic carbocycles. The molecule has 0 fully saturated rings. The van der Waals surface area contributed by atoms with E-state index in [1.807, 2.05) is 0 Å². The topological polar surface area (TPSA) is 79.5 Å². The molecule has 0 saturated heterocycles. The van der Waals surface area contributed by atoms with Crippen LogP contribution < -0.4 is 5.32 Å². The molecule has 1 heterocycles. The molecule has 2 N–H and O–H groups in total. The van der Waals surface area contributed by atoms with E-state index < -0.39 is 5.97 Å². The van der Waals surface area contributed by atoms with Crippen LogP contribution in [0.25, 0.3) is 0 Å². The number of furan rings is 1. The summed E-state index contributed by atoms with van der Waals surface area (Å²) < 4.78 is 4.92. The van der Waals surface area contributed by atoms with Gasteiger partial charge in [0.25, 0.3) is 5.91 Å². The number of hydrogen-bond acceptors (Lipinski definition) is 3. The number of nitrogens with one attached hydrogen (secondary N) is 1. The molecule has 76 valence electrons. The molecule has 0 unspecified atom stereocenters. The lowest BCUT2D eigenvalue weighted by Gasteiger charge is -2.00. The number of carboxylic acids is 1. The molecule has 0 saturated carbocycles. The maximum absolute atomic E-state index is 11.3. The summed E-state index contributed by atoms with van der Waals surface area (Å²) in [5.74, 6) is -1.09. The molecular formula is C9H11NO4. The number of aliphatic carboxylic acids is 1. The number of rotatable bonds is 4. The van der Waals surface area contributed by atoms with Crippen LogP contribution in [-0.2, 0) is 4.79 Å². The van der Waals surface area contributed by atoms with Gasteiger partial charge in [0.2, 0.25) is 0 Å². The minimum atomic E-state index is -0.943. The van der Waals surface area contributed by atoms with Crippen LogP contribution in [0, 0.1) is 6.92 Å². The second-order valence-electron chi connectivity index (χ2n) is 2.83. The van der Waals surface area contributed by atoms with Crippen LogP contribution in [0.1, 0.15) is 22.5 Å². The third-order valence-electron chi connectivity index (χ3n) is 1.69. The van der Waals surface area contributed by atoms with Crippen LogP contribution in [0.4, 0.5) is 0 Å². The second kappa shape index (κ2) is 4.45. The average Bonchev–Trinajstić information content (AvgIpc) is 2.50. The van der Waals surface area contributed by atoms with E-state index in [2.05, 4.69) is 5.32 Å². The van der Waals surface area contributed by atoms with Crippen LogP contribution in [-0.4, -0.2) is 23.5 Å². The molecule has 5 heteroatoms. The van der Waals surface area contributed by atoms with Crippen LogP contribution in [0.5, 0.6) is 0 Å². The van der Waals surface area contributed by atoms with E-state index in [0.717, 1.165) is 5.56 Å². The molecule has 1 rings (SSSR count). The summed E-state index contributed by atoms with van der Waals surface area (Å²) in [5.41, 5.74) is 0.734. The number of amides is 1. The molecule has 0 aliphatic heterocycles. The van der Waals surface area contributed by atoms with E-state index in [-0.39, 0.29) is 24.6 Å². The van der Waals surface area contributed by atoms with Gasteiger partial charge in [0.05, 0.1) is 12.7 Å². The van der Waals surface area contributed by atoms with Crippen molar-refractivity contribution in [3.05, 3.63) is 23.7 Å². The molecule has 1 amide bonds. The van der Waals surface area contributed by atoms with Crippen molar-refractivity contribution >= 4 is 11.9 Å². The van der Waals surface area contributed by atoms with E-state index >= 15 is 0 Å². The summed E-state index contributed by atoms with van der Waals surface area (Å²) in [6.45, 7) is 1.85. The standard InChI is InChI=1S/C9H11NO4/c1-6-3-5-14-8(6)9(13)10-4-2-7(11)12/h3,5H,2,4H2,1H3,(H,10,13)(H,11,12). The van der Waals surface area contributed by atoms with Crippen molar-refractivity contribution in [2.24, 2.45) is 0 Å². The molecule has 0 radical (unpaired) electrons. The van der Waals surface area contributed by atoms with E-state index in [0.29, 0.717) is 0 Å². The van der Waals surface area contributed by atoms with Gasteiger partial charge in [0, 0.05) is 12.1 Å². The molecule has 0 bridgehead atoms. The highest BCUT2D eigenvalue weighted by atomic mass is 16.4. The zero-order chi connectivity index (χ0) is 10.6. The minimum Gasteiger partial charge on any atom is -0.481 e. The Morgan fingerprint density at radius 2 is 2.29 bits per heavy atom. The first kappa shape index (κ1) is 10.3. The van der Waals surface area contributed by atoms with Crippen LogP contribution in [0.3, 0.4) is 0 Å². The quantitative estimate of drug-likeness (QED) is 0.747. The molecule has 0 aromatic carbocycles. The number of aryl methyl sites for hydroxylation is 1. The fraction of sp³-hybridized carbons (Fsp3) is 0.333. The Labute approximate surface area is 80.7 Å². The molecule has 14 heavy (non-hydrogen) atoms. The zero-order valence-corrected chi connectivity index (χ0v) is 7.74.